The van der Waals surface area contributed by atoms with E-state index in [1.54, 1.807) is 0 Å². The minimum atomic E-state index is 0.585. The van der Waals surface area contributed by atoms with Crippen molar-refractivity contribution in [1.82, 2.24) is 16.0 Å². The Morgan fingerprint density at radius 1 is 0.686 bits per heavy atom. The van der Waals surface area contributed by atoms with Gasteiger partial charge in [-0.05, 0) is 150 Å². The summed E-state index contributed by atoms with van der Waals surface area (Å²) in [6.07, 6.45) is 17.1. The van der Waals surface area contributed by atoms with Gasteiger partial charge in [-0.1, -0.05) is 27.7 Å². The molecule has 4 nitrogen and oxygen atoms in total. The van der Waals surface area contributed by atoms with E-state index in [0.29, 0.717) is 10.8 Å². The van der Waals surface area contributed by atoms with Crippen molar-refractivity contribution < 1.29 is 0 Å². The number of nitrogens with two attached hydrogens (primary N) is 1. The van der Waals surface area contributed by atoms with Crippen LogP contribution in [0, 0.1) is 46.3 Å². The van der Waals surface area contributed by atoms with Crippen molar-refractivity contribution in [3.63, 3.8) is 0 Å². The summed E-state index contributed by atoms with van der Waals surface area (Å²) in [6.45, 7) is 16.6. The van der Waals surface area contributed by atoms with Gasteiger partial charge in [-0.25, -0.2) is 0 Å². The molecule has 35 heavy (non-hydrogen) atoms. The van der Waals surface area contributed by atoms with Gasteiger partial charge in [0.15, 0.2) is 0 Å². The summed E-state index contributed by atoms with van der Waals surface area (Å²) in [5, 5.41) is 11.1. The average molecular weight is 489 g/mol. The second-order valence-electron chi connectivity index (χ2n) is 14.2. The van der Waals surface area contributed by atoms with E-state index in [9.17, 15) is 0 Å². The van der Waals surface area contributed by atoms with E-state index in [2.05, 4.69) is 43.6 Å². The van der Waals surface area contributed by atoms with Crippen LogP contribution >= 0.6 is 0 Å². The SMILES string of the molecule is CC1(C)C2CCC(C2)C1CCC(CCC1C2CCC(C2)C1(C)C)NCCCNCCNCCCN. The Morgan fingerprint density at radius 2 is 1.20 bits per heavy atom. The van der Waals surface area contributed by atoms with Crippen molar-refractivity contribution in [2.75, 3.05) is 39.3 Å². The molecule has 4 rings (SSSR count). The molecular formula is C31H60N4. The van der Waals surface area contributed by atoms with Crippen LogP contribution in [0.4, 0.5) is 0 Å². The number of hydrogen-bond acceptors (Lipinski definition) is 4. The maximum absolute atomic E-state index is 5.56. The lowest BCUT2D eigenvalue weighted by Crippen LogP contribution is -2.37. The minimum absolute atomic E-state index is 0.585. The van der Waals surface area contributed by atoms with Gasteiger partial charge in [0.1, 0.15) is 0 Å². The van der Waals surface area contributed by atoms with Crippen LogP contribution in [0.2, 0.25) is 0 Å². The highest BCUT2D eigenvalue weighted by Crippen LogP contribution is 2.62. The Balaban J connectivity index is 1.20. The van der Waals surface area contributed by atoms with Gasteiger partial charge in [-0.15, -0.1) is 0 Å². The van der Waals surface area contributed by atoms with Crippen LogP contribution in [0.1, 0.15) is 105 Å². The Hall–Kier alpha value is -0.160. The molecule has 0 aromatic rings. The van der Waals surface area contributed by atoms with Gasteiger partial charge < -0.3 is 21.7 Å². The lowest BCUT2D eigenvalue weighted by atomic mass is 9.66. The summed E-state index contributed by atoms with van der Waals surface area (Å²) in [4.78, 5) is 0. The average Bonchev–Trinajstić information content (AvgIpc) is 3.58. The predicted molar refractivity (Wildman–Crippen MR) is 150 cm³/mol. The second kappa shape index (κ2) is 12.6. The number of rotatable bonds is 17. The molecule has 4 aliphatic rings. The highest BCUT2D eigenvalue weighted by atomic mass is 15.0. The Morgan fingerprint density at radius 3 is 1.66 bits per heavy atom. The molecule has 0 aromatic carbocycles. The molecule has 4 saturated carbocycles. The first-order chi connectivity index (χ1) is 16.8. The highest BCUT2D eigenvalue weighted by Gasteiger charge is 2.53. The third kappa shape index (κ3) is 6.65. The van der Waals surface area contributed by atoms with Crippen molar-refractivity contribution in [2.24, 2.45) is 52.1 Å². The molecule has 204 valence electrons. The summed E-state index contributed by atoms with van der Waals surface area (Å²) in [6, 6.07) is 0.720. The fourth-order valence-electron chi connectivity index (χ4n) is 9.43. The van der Waals surface area contributed by atoms with Gasteiger partial charge in [0.2, 0.25) is 0 Å². The maximum Gasteiger partial charge on any atom is 0.00767 e. The molecule has 0 saturated heterocycles. The largest absolute Gasteiger partial charge is 0.330 e. The Bertz CT molecular complexity index is 589. The predicted octanol–water partition coefficient (Wildman–Crippen LogP) is 5.57. The lowest BCUT2D eigenvalue weighted by Gasteiger charge is -2.40. The number of hydrogen-bond donors (Lipinski definition) is 4. The van der Waals surface area contributed by atoms with E-state index < -0.39 is 0 Å². The van der Waals surface area contributed by atoms with E-state index in [1.165, 1.54) is 77.2 Å². The van der Waals surface area contributed by atoms with Gasteiger partial charge >= 0.3 is 0 Å². The zero-order valence-corrected chi connectivity index (χ0v) is 23.8. The molecule has 4 bridgehead atoms. The van der Waals surface area contributed by atoms with Gasteiger partial charge in [0, 0.05) is 19.1 Å². The Labute approximate surface area is 218 Å². The number of nitrogens with one attached hydrogen (secondary N) is 3. The Kier molecular flexibility index (Phi) is 10.0. The molecule has 4 heteroatoms. The summed E-state index contributed by atoms with van der Waals surface area (Å²) < 4.78 is 0. The smallest absolute Gasteiger partial charge is 0.00767 e. The van der Waals surface area contributed by atoms with Crippen LogP contribution in [0.5, 0.6) is 0 Å². The van der Waals surface area contributed by atoms with Gasteiger partial charge in [-0.2, -0.15) is 0 Å². The minimum Gasteiger partial charge on any atom is -0.330 e. The van der Waals surface area contributed by atoms with Gasteiger partial charge in [-0.3, -0.25) is 0 Å². The van der Waals surface area contributed by atoms with Crippen LogP contribution in [0.25, 0.3) is 0 Å². The molecule has 6 unspecified atom stereocenters. The van der Waals surface area contributed by atoms with Crippen LogP contribution in [0.3, 0.4) is 0 Å². The van der Waals surface area contributed by atoms with Gasteiger partial charge in [0.25, 0.3) is 0 Å². The summed E-state index contributed by atoms with van der Waals surface area (Å²) >= 11 is 0. The summed E-state index contributed by atoms with van der Waals surface area (Å²) in [5.74, 6) is 6.02. The molecule has 0 aliphatic heterocycles. The van der Waals surface area contributed by atoms with Crippen LogP contribution in [-0.2, 0) is 0 Å². The molecule has 0 spiro atoms. The van der Waals surface area contributed by atoms with Crippen molar-refractivity contribution in [3.8, 4) is 0 Å². The molecule has 4 aliphatic carbocycles. The molecule has 0 amide bonds. The first-order valence-electron chi connectivity index (χ1n) is 15.7. The molecule has 0 aromatic heterocycles. The topological polar surface area (TPSA) is 62.1 Å². The van der Waals surface area contributed by atoms with Crippen molar-refractivity contribution in [2.45, 2.75) is 111 Å². The molecule has 6 atom stereocenters. The van der Waals surface area contributed by atoms with Crippen molar-refractivity contribution in [3.05, 3.63) is 0 Å². The van der Waals surface area contributed by atoms with Crippen LogP contribution in [-0.4, -0.2) is 45.3 Å². The van der Waals surface area contributed by atoms with Crippen molar-refractivity contribution >= 4 is 0 Å². The standard InChI is InChI=1S/C31H60N4/c1-30(2)25-9-7-23(21-25)28(30)13-11-27(35-18-6-17-34-20-19-33-16-5-15-32)12-14-29-24-8-10-26(22-24)31(29,3)4/h23-29,33-35H,5-22,32H2,1-4H3. The number of fused-ring (bicyclic) bond motifs is 4. The van der Waals surface area contributed by atoms with Crippen LogP contribution in [0.15, 0.2) is 0 Å². The van der Waals surface area contributed by atoms with E-state index in [1.807, 2.05) is 0 Å². The van der Waals surface area contributed by atoms with Crippen molar-refractivity contribution in [1.29, 1.82) is 0 Å². The fourth-order valence-corrected chi connectivity index (χ4v) is 9.43. The molecule has 4 fully saturated rings. The third-order valence-corrected chi connectivity index (χ3v) is 11.8. The highest BCUT2D eigenvalue weighted by molar-refractivity contribution is 5.03. The lowest BCUT2D eigenvalue weighted by molar-refractivity contribution is 0.0996. The van der Waals surface area contributed by atoms with E-state index in [-0.39, 0.29) is 0 Å². The molecular weight excluding hydrogens is 428 g/mol. The first kappa shape index (κ1) is 27.9. The van der Waals surface area contributed by atoms with E-state index in [4.69, 9.17) is 5.73 Å². The molecule has 0 radical (unpaired) electrons. The zero-order chi connectivity index (χ0) is 24.9. The van der Waals surface area contributed by atoms with E-state index >= 15 is 0 Å². The zero-order valence-electron chi connectivity index (χ0n) is 23.8. The summed E-state index contributed by atoms with van der Waals surface area (Å²) in [7, 11) is 0. The van der Waals surface area contributed by atoms with Gasteiger partial charge in [0.05, 0.1) is 0 Å². The molecule has 5 N–H and O–H groups in total. The fraction of sp³-hybridized carbons (Fsp3) is 1.00. The second-order valence-corrected chi connectivity index (χ2v) is 14.2. The third-order valence-electron chi connectivity index (χ3n) is 11.8. The quantitative estimate of drug-likeness (QED) is 0.202. The molecule has 0 heterocycles. The normalized spacial score (nSPS) is 35.2. The summed E-state index contributed by atoms with van der Waals surface area (Å²) in [5.41, 5.74) is 6.73. The van der Waals surface area contributed by atoms with Crippen LogP contribution < -0.4 is 21.7 Å². The van der Waals surface area contributed by atoms with E-state index in [0.717, 1.165) is 80.7 Å². The maximum atomic E-state index is 5.56. The monoisotopic (exact) mass is 488 g/mol. The first-order valence-corrected chi connectivity index (χ1v) is 15.7.